The monoisotopic (exact) mass is 400 g/mol. The van der Waals surface area contributed by atoms with Gasteiger partial charge in [-0.15, -0.1) is 0 Å². The maximum absolute atomic E-state index is 6.13. The normalized spacial score (nSPS) is 16.9. The van der Waals surface area contributed by atoms with Crippen LogP contribution in [0.3, 0.4) is 0 Å². The summed E-state index contributed by atoms with van der Waals surface area (Å²) in [4.78, 5) is 13.7. The first-order valence-electron chi connectivity index (χ1n) is 9.73. The topological polar surface area (TPSA) is 55.8 Å². The van der Waals surface area contributed by atoms with Gasteiger partial charge in [-0.1, -0.05) is 23.7 Å². The number of halogens is 1. The van der Waals surface area contributed by atoms with E-state index in [0.29, 0.717) is 12.6 Å². The Morgan fingerprint density at radius 2 is 2.11 bits per heavy atom. The molecule has 1 atom stereocenters. The van der Waals surface area contributed by atoms with Crippen molar-refractivity contribution in [1.82, 2.24) is 15.6 Å². The van der Waals surface area contributed by atoms with E-state index in [1.165, 1.54) is 5.69 Å². The van der Waals surface area contributed by atoms with Gasteiger partial charge in [-0.3, -0.25) is 0 Å². The van der Waals surface area contributed by atoms with Gasteiger partial charge in [0.1, 0.15) is 5.82 Å². The second-order valence-electron chi connectivity index (χ2n) is 7.13. The fraction of sp³-hybridized carbons (Fsp3) is 0.429. The summed E-state index contributed by atoms with van der Waals surface area (Å²) in [7, 11) is 3.99. The Bertz CT molecular complexity index is 807. The van der Waals surface area contributed by atoms with Crippen LogP contribution in [0.25, 0.3) is 0 Å². The largest absolute Gasteiger partial charge is 0.369 e. The quantitative estimate of drug-likeness (QED) is 0.576. The summed E-state index contributed by atoms with van der Waals surface area (Å²) >= 11 is 6.13. The first kappa shape index (κ1) is 20.3. The van der Waals surface area contributed by atoms with Crippen LogP contribution in [-0.4, -0.2) is 50.7 Å². The number of pyridine rings is 1. The van der Waals surface area contributed by atoms with Crippen molar-refractivity contribution in [3.63, 3.8) is 0 Å². The average molecular weight is 401 g/mol. The number of aromatic nitrogens is 1. The molecule has 28 heavy (non-hydrogen) atoms. The highest BCUT2D eigenvalue weighted by atomic mass is 35.5. The lowest BCUT2D eigenvalue weighted by atomic mass is 10.2. The summed E-state index contributed by atoms with van der Waals surface area (Å²) in [6.45, 7) is 5.38. The van der Waals surface area contributed by atoms with E-state index in [1.807, 2.05) is 55.4 Å². The molecule has 0 bridgehead atoms. The van der Waals surface area contributed by atoms with Gasteiger partial charge in [0.25, 0.3) is 0 Å². The fourth-order valence-corrected chi connectivity index (χ4v) is 3.45. The first-order valence-corrected chi connectivity index (χ1v) is 10.1. The van der Waals surface area contributed by atoms with E-state index in [2.05, 4.69) is 33.5 Å². The summed E-state index contributed by atoms with van der Waals surface area (Å²) in [5.41, 5.74) is 2.12. The standard InChI is InChI=1S/C21H29ClN6/c1-4-23-21(24-14-17-8-6-10-20(25-17)27(2)3)26-18-11-12-28(15-18)19-9-5-7-16(22)13-19/h5-10,13,18H,4,11-12,14-15H2,1-3H3,(H2,23,24,26). The summed E-state index contributed by atoms with van der Waals surface area (Å²) < 4.78 is 0. The van der Waals surface area contributed by atoms with Gasteiger partial charge in [-0.05, 0) is 43.7 Å². The van der Waals surface area contributed by atoms with Crippen molar-refractivity contribution in [3.05, 3.63) is 53.2 Å². The van der Waals surface area contributed by atoms with E-state index in [1.54, 1.807) is 0 Å². The molecule has 1 aliphatic rings. The van der Waals surface area contributed by atoms with Gasteiger partial charge in [0, 0.05) is 50.5 Å². The van der Waals surface area contributed by atoms with Crippen molar-refractivity contribution in [1.29, 1.82) is 0 Å². The average Bonchev–Trinajstić information content (AvgIpc) is 3.15. The van der Waals surface area contributed by atoms with Gasteiger partial charge in [0.15, 0.2) is 5.96 Å². The highest BCUT2D eigenvalue weighted by Crippen LogP contribution is 2.23. The molecule has 0 spiro atoms. The fourth-order valence-electron chi connectivity index (χ4n) is 3.26. The molecular weight excluding hydrogens is 372 g/mol. The lowest BCUT2D eigenvalue weighted by Gasteiger charge is -2.20. The minimum atomic E-state index is 0.345. The van der Waals surface area contributed by atoms with Crippen LogP contribution in [0.4, 0.5) is 11.5 Å². The van der Waals surface area contributed by atoms with Gasteiger partial charge < -0.3 is 20.4 Å². The molecule has 2 aromatic rings. The number of nitrogens with one attached hydrogen (secondary N) is 2. The first-order chi connectivity index (χ1) is 13.5. The predicted molar refractivity (Wildman–Crippen MR) is 119 cm³/mol. The Hall–Kier alpha value is -2.47. The summed E-state index contributed by atoms with van der Waals surface area (Å²) in [6, 6.07) is 14.4. The highest BCUT2D eigenvalue weighted by Gasteiger charge is 2.23. The van der Waals surface area contributed by atoms with Crippen LogP contribution in [0.1, 0.15) is 19.0 Å². The molecular formula is C21H29ClN6. The number of nitrogens with zero attached hydrogens (tertiary/aromatic N) is 4. The SMILES string of the molecule is CCNC(=NCc1cccc(N(C)C)n1)NC1CCN(c2cccc(Cl)c2)C1. The number of rotatable bonds is 6. The Labute approximate surface area is 172 Å². The number of aliphatic imine (C=N–C) groups is 1. The molecule has 1 aromatic heterocycles. The molecule has 0 amide bonds. The molecule has 3 rings (SSSR count). The smallest absolute Gasteiger partial charge is 0.191 e. The van der Waals surface area contributed by atoms with Crippen LogP contribution >= 0.6 is 11.6 Å². The van der Waals surface area contributed by atoms with E-state index in [9.17, 15) is 0 Å². The molecule has 0 radical (unpaired) electrons. The lowest BCUT2D eigenvalue weighted by molar-refractivity contribution is 0.648. The highest BCUT2D eigenvalue weighted by molar-refractivity contribution is 6.30. The van der Waals surface area contributed by atoms with Gasteiger partial charge >= 0.3 is 0 Å². The molecule has 150 valence electrons. The molecule has 6 nitrogen and oxygen atoms in total. The zero-order valence-electron chi connectivity index (χ0n) is 16.8. The molecule has 1 unspecified atom stereocenters. The van der Waals surface area contributed by atoms with Crippen LogP contribution < -0.4 is 20.4 Å². The van der Waals surface area contributed by atoms with Crippen molar-refractivity contribution >= 4 is 29.1 Å². The van der Waals surface area contributed by atoms with Gasteiger partial charge in [-0.25, -0.2) is 9.98 Å². The Morgan fingerprint density at radius 1 is 1.29 bits per heavy atom. The third-order valence-electron chi connectivity index (χ3n) is 4.70. The van der Waals surface area contributed by atoms with Crippen LogP contribution in [0.2, 0.25) is 5.02 Å². The van der Waals surface area contributed by atoms with E-state index in [-0.39, 0.29) is 0 Å². The Balaban J connectivity index is 1.61. The molecule has 2 heterocycles. The van der Waals surface area contributed by atoms with Crippen LogP contribution in [0.5, 0.6) is 0 Å². The van der Waals surface area contributed by atoms with Gasteiger partial charge in [-0.2, -0.15) is 0 Å². The maximum atomic E-state index is 6.13. The molecule has 1 fully saturated rings. The van der Waals surface area contributed by atoms with Gasteiger partial charge in [0.2, 0.25) is 0 Å². The summed E-state index contributed by atoms with van der Waals surface area (Å²) in [6.07, 6.45) is 1.06. The number of hydrogen-bond acceptors (Lipinski definition) is 4. The van der Waals surface area contributed by atoms with Crippen LogP contribution in [-0.2, 0) is 6.54 Å². The van der Waals surface area contributed by atoms with E-state index in [0.717, 1.165) is 48.5 Å². The van der Waals surface area contributed by atoms with Gasteiger partial charge in [0.05, 0.1) is 12.2 Å². The van der Waals surface area contributed by atoms with E-state index >= 15 is 0 Å². The third kappa shape index (κ3) is 5.52. The molecule has 7 heteroatoms. The Morgan fingerprint density at radius 3 is 2.86 bits per heavy atom. The molecule has 1 aliphatic heterocycles. The zero-order chi connectivity index (χ0) is 19.9. The maximum Gasteiger partial charge on any atom is 0.191 e. The van der Waals surface area contributed by atoms with Crippen molar-refractivity contribution in [2.45, 2.75) is 25.9 Å². The lowest BCUT2D eigenvalue weighted by Crippen LogP contribution is -2.44. The number of hydrogen-bond donors (Lipinski definition) is 2. The molecule has 0 aliphatic carbocycles. The van der Waals surface area contributed by atoms with Crippen molar-refractivity contribution in [3.8, 4) is 0 Å². The molecule has 2 N–H and O–H groups in total. The van der Waals surface area contributed by atoms with Crippen molar-refractivity contribution in [2.24, 2.45) is 4.99 Å². The number of benzene rings is 1. The second-order valence-corrected chi connectivity index (χ2v) is 7.57. The Kier molecular flexibility index (Phi) is 6.98. The van der Waals surface area contributed by atoms with E-state index in [4.69, 9.17) is 16.6 Å². The van der Waals surface area contributed by atoms with E-state index < -0.39 is 0 Å². The van der Waals surface area contributed by atoms with Crippen LogP contribution in [0.15, 0.2) is 47.5 Å². The minimum absolute atomic E-state index is 0.345. The third-order valence-corrected chi connectivity index (χ3v) is 4.93. The summed E-state index contributed by atoms with van der Waals surface area (Å²) in [5, 5.41) is 7.68. The second kappa shape index (κ2) is 9.64. The van der Waals surface area contributed by atoms with Crippen molar-refractivity contribution < 1.29 is 0 Å². The minimum Gasteiger partial charge on any atom is -0.369 e. The summed E-state index contributed by atoms with van der Waals surface area (Å²) in [5.74, 6) is 1.77. The predicted octanol–water partition coefficient (Wildman–Crippen LogP) is 3.14. The molecule has 1 aromatic carbocycles. The molecule has 1 saturated heterocycles. The van der Waals surface area contributed by atoms with Crippen LogP contribution in [0, 0.1) is 0 Å². The van der Waals surface area contributed by atoms with Crippen molar-refractivity contribution in [2.75, 3.05) is 43.5 Å². The number of anilines is 2. The number of guanidine groups is 1. The zero-order valence-corrected chi connectivity index (χ0v) is 17.6. The molecule has 0 saturated carbocycles.